The second kappa shape index (κ2) is 9.84. The topological polar surface area (TPSA) is 73.9 Å². The van der Waals surface area contributed by atoms with Crippen LogP contribution in [0.3, 0.4) is 0 Å². The van der Waals surface area contributed by atoms with Crippen molar-refractivity contribution in [2.24, 2.45) is 0 Å². The van der Waals surface area contributed by atoms with E-state index in [2.05, 4.69) is 5.32 Å². The van der Waals surface area contributed by atoms with E-state index in [9.17, 15) is 9.59 Å². The van der Waals surface area contributed by atoms with Crippen molar-refractivity contribution in [1.82, 2.24) is 5.32 Å². The molecule has 1 aromatic rings. The van der Waals surface area contributed by atoms with Crippen molar-refractivity contribution in [1.29, 1.82) is 0 Å². The lowest BCUT2D eigenvalue weighted by atomic mass is 10.1. The quantitative estimate of drug-likeness (QED) is 0.585. The van der Waals surface area contributed by atoms with Crippen LogP contribution < -0.4 is 5.32 Å². The summed E-state index contributed by atoms with van der Waals surface area (Å²) in [6, 6.07) is 9.24. The standard InChI is InChI=1S/C17H25NO5/c1-12(2)18-15(10-14-8-6-5-7-9-14)16(19)21-11-22-17(20)23-13(3)4/h5-9,12-13,15,18H,10-11H2,1-4H3/t15-/m0/s1. The van der Waals surface area contributed by atoms with Gasteiger partial charge in [0.05, 0.1) is 6.10 Å². The highest BCUT2D eigenvalue weighted by Crippen LogP contribution is 2.06. The minimum atomic E-state index is -0.857. The Hall–Kier alpha value is -2.08. The van der Waals surface area contributed by atoms with E-state index in [1.54, 1.807) is 13.8 Å². The van der Waals surface area contributed by atoms with Gasteiger partial charge in [0.1, 0.15) is 6.04 Å². The van der Waals surface area contributed by atoms with Gasteiger partial charge in [0.15, 0.2) is 0 Å². The van der Waals surface area contributed by atoms with Gasteiger partial charge in [-0.25, -0.2) is 4.79 Å². The maximum Gasteiger partial charge on any atom is 0.511 e. The summed E-state index contributed by atoms with van der Waals surface area (Å²) in [5.74, 6) is -0.472. The molecule has 1 aromatic carbocycles. The van der Waals surface area contributed by atoms with Crippen molar-refractivity contribution < 1.29 is 23.8 Å². The maximum atomic E-state index is 12.2. The number of benzene rings is 1. The molecule has 0 radical (unpaired) electrons. The minimum absolute atomic E-state index is 0.114. The summed E-state index contributed by atoms with van der Waals surface area (Å²) < 4.78 is 14.5. The molecule has 23 heavy (non-hydrogen) atoms. The molecule has 0 heterocycles. The molecular weight excluding hydrogens is 298 g/mol. The van der Waals surface area contributed by atoms with E-state index in [1.807, 2.05) is 44.2 Å². The molecule has 0 amide bonds. The number of carbonyl (C=O) groups is 2. The monoisotopic (exact) mass is 323 g/mol. The van der Waals surface area contributed by atoms with Crippen LogP contribution in [0, 0.1) is 0 Å². The van der Waals surface area contributed by atoms with Crippen molar-refractivity contribution in [2.75, 3.05) is 6.79 Å². The van der Waals surface area contributed by atoms with Crippen molar-refractivity contribution >= 4 is 12.1 Å². The second-order valence-corrected chi connectivity index (χ2v) is 5.71. The lowest BCUT2D eigenvalue weighted by Crippen LogP contribution is -2.43. The number of hydrogen-bond donors (Lipinski definition) is 1. The number of hydrogen-bond acceptors (Lipinski definition) is 6. The number of carbonyl (C=O) groups excluding carboxylic acids is 2. The predicted molar refractivity (Wildman–Crippen MR) is 85.9 cm³/mol. The van der Waals surface area contributed by atoms with Gasteiger partial charge in [-0.2, -0.15) is 0 Å². The Morgan fingerprint density at radius 2 is 1.70 bits per heavy atom. The molecule has 0 saturated carbocycles. The summed E-state index contributed by atoms with van der Waals surface area (Å²) in [6.07, 6.45) is -0.648. The molecular formula is C17H25NO5. The van der Waals surface area contributed by atoms with Crippen LogP contribution in [0.4, 0.5) is 4.79 Å². The molecule has 0 spiro atoms. The molecule has 0 aliphatic rings. The molecule has 1 N–H and O–H groups in total. The van der Waals surface area contributed by atoms with Crippen LogP contribution in [0.5, 0.6) is 0 Å². The molecule has 0 bridgehead atoms. The number of nitrogens with one attached hydrogen (secondary N) is 1. The fourth-order valence-electron chi connectivity index (χ4n) is 1.93. The zero-order valence-corrected chi connectivity index (χ0v) is 14.1. The SMILES string of the molecule is CC(C)N[C@@H](Cc1ccccc1)C(=O)OCOC(=O)OC(C)C. The van der Waals surface area contributed by atoms with Gasteiger partial charge in [-0.1, -0.05) is 44.2 Å². The van der Waals surface area contributed by atoms with Crippen LogP contribution in [-0.2, 0) is 25.4 Å². The van der Waals surface area contributed by atoms with E-state index in [0.29, 0.717) is 6.42 Å². The Morgan fingerprint density at radius 3 is 2.26 bits per heavy atom. The highest BCUT2D eigenvalue weighted by molar-refractivity contribution is 5.76. The summed E-state index contributed by atoms with van der Waals surface area (Å²) >= 11 is 0. The van der Waals surface area contributed by atoms with E-state index in [1.165, 1.54) is 0 Å². The van der Waals surface area contributed by atoms with Gasteiger partial charge in [0, 0.05) is 6.04 Å². The molecule has 0 aliphatic carbocycles. The molecule has 0 aliphatic heterocycles. The number of ether oxygens (including phenoxy) is 3. The molecule has 0 unspecified atom stereocenters. The molecule has 0 aromatic heterocycles. The Bertz CT molecular complexity index is 487. The maximum absolute atomic E-state index is 12.2. The summed E-state index contributed by atoms with van der Waals surface area (Å²) in [4.78, 5) is 23.4. The smallest absolute Gasteiger partial charge is 0.431 e. The normalized spacial score (nSPS) is 12.1. The molecule has 1 rings (SSSR count). The first-order valence-corrected chi connectivity index (χ1v) is 7.68. The molecule has 0 fully saturated rings. The highest BCUT2D eigenvalue weighted by Gasteiger charge is 2.21. The fourth-order valence-corrected chi connectivity index (χ4v) is 1.93. The molecule has 0 saturated heterocycles. The van der Waals surface area contributed by atoms with Crippen molar-refractivity contribution in [2.45, 2.75) is 52.3 Å². The third kappa shape index (κ3) is 8.21. The number of esters is 1. The lowest BCUT2D eigenvalue weighted by molar-refractivity contribution is -0.156. The Balaban J connectivity index is 2.50. The Labute approximate surface area is 137 Å². The average Bonchev–Trinajstić information content (AvgIpc) is 2.46. The third-order valence-corrected chi connectivity index (χ3v) is 2.81. The summed E-state index contributed by atoms with van der Waals surface area (Å²) in [6.45, 7) is 6.84. The van der Waals surface area contributed by atoms with Crippen LogP contribution in [0.15, 0.2) is 30.3 Å². The van der Waals surface area contributed by atoms with Crippen molar-refractivity contribution in [3.63, 3.8) is 0 Å². The van der Waals surface area contributed by atoms with Crippen LogP contribution in [0.25, 0.3) is 0 Å². The summed E-state index contributed by atoms with van der Waals surface area (Å²) in [5, 5.41) is 3.15. The molecule has 1 atom stereocenters. The predicted octanol–water partition coefficient (Wildman–Crippen LogP) is 2.66. The molecule has 6 nitrogen and oxygen atoms in total. The van der Waals surface area contributed by atoms with E-state index in [4.69, 9.17) is 14.2 Å². The van der Waals surface area contributed by atoms with Gasteiger partial charge in [0.2, 0.25) is 6.79 Å². The molecule has 6 heteroatoms. The van der Waals surface area contributed by atoms with Crippen LogP contribution >= 0.6 is 0 Å². The van der Waals surface area contributed by atoms with Crippen molar-refractivity contribution in [3.8, 4) is 0 Å². The van der Waals surface area contributed by atoms with Gasteiger partial charge in [-0.3, -0.25) is 4.79 Å². The first kappa shape index (κ1) is 19.0. The van der Waals surface area contributed by atoms with Gasteiger partial charge in [-0.15, -0.1) is 0 Å². The van der Waals surface area contributed by atoms with Crippen molar-refractivity contribution in [3.05, 3.63) is 35.9 Å². The van der Waals surface area contributed by atoms with E-state index < -0.39 is 25.0 Å². The van der Waals surface area contributed by atoms with Gasteiger partial charge < -0.3 is 19.5 Å². The Morgan fingerprint density at radius 1 is 1.04 bits per heavy atom. The Kier molecular flexibility index (Phi) is 8.11. The van der Waals surface area contributed by atoms with E-state index >= 15 is 0 Å². The first-order valence-electron chi connectivity index (χ1n) is 7.68. The van der Waals surface area contributed by atoms with Gasteiger partial charge >= 0.3 is 12.1 Å². The highest BCUT2D eigenvalue weighted by atomic mass is 16.8. The van der Waals surface area contributed by atoms with Gasteiger partial charge in [0.25, 0.3) is 0 Å². The third-order valence-electron chi connectivity index (χ3n) is 2.81. The summed E-state index contributed by atoms with van der Waals surface area (Å²) in [5.41, 5.74) is 1.02. The lowest BCUT2D eigenvalue weighted by Gasteiger charge is -2.20. The van der Waals surface area contributed by atoms with Crippen LogP contribution in [0.1, 0.15) is 33.3 Å². The summed E-state index contributed by atoms with van der Waals surface area (Å²) in [7, 11) is 0. The molecule has 128 valence electrons. The minimum Gasteiger partial charge on any atom is -0.431 e. The van der Waals surface area contributed by atoms with E-state index in [-0.39, 0.29) is 12.1 Å². The van der Waals surface area contributed by atoms with Gasteiger partial charge in [-0.05, 0) is 25.8 Å². The van der Waals surface area contributed by atoms with Crippen LogP contribution in [0.2, 0.25) is 0 Å². The van der Waals surface area contributed by atoms with Crippen LogP contribution in [-0.4, -0.2) is 37.1 Å². The largest absolute Gasteiger partial charge is 0.511 e. The zero-order chi connectivity index (χ0) is 17.2. The first-order chi connectivity index (χ1) is 10.9. The van der Waals surface area contributed by atoms with E-state index in [0.717, 1.165) is 5.56 Å². The fraction of sp³-hybridized carbons (Fsp3) is 0.529. The number of rotatable bonds is 8. The average molecular weight is 323 g/mol. The second-order valence-electron chi connectivity index (χ2n) is 5.71. The zero-order valence-electron chi connectivity index (χ0n) is 14.1.